The van der Waals surface area contributed by atoms with Crippen LogP contribution in [-0.4, -0.2) is 24.4 Å². The lowest BCUT2D eigenvalue weighted by Gasteiger charge is -2.04. The standard InChI is InChI=1S/C11H15N3O3.ClH/c1-12-7-6-11(15)13-8-9-2-4-10(5-3-9)14(16)17;/h2-5,12H,6-8H2,1H3,(H,13,15);1H. The highest BCUT2D eigenvalue weighted by atomic mass is 35.5. The van der Waals surface area contributed by atoms with Gasteiger partial charge in [0.2, 0.25) is 5.91 Å². The molecule has 0 saturated heterocycles. The van der Waals surface area contributed by atoms with Crippen LogP contribution in [0.1, 0.15) is 12.0 Å². The molecule has 7 heteroatoms. The molecule has 6 nitrogen and oxygen atoms in total. The molecule has 2 N–H and O–H groups in total. The van der Waals surface area contributed by atoms with E-state index in [4.69, 9.17) is 0 Å². The normalized spacial score (nSPS) is 9.39. The molecule has 0 aliphatic carbocycles. The SMILES string of the molecule is CNCCC(=O)NCc1ccc([N+](=O)[O-])cc1.Cl. The van der Waals surface area contributed by atoms with Gasteiger partial charge < -0.3 is 10.6 Å². The number of carbonyl (C=O) groups excluding carboxylic acids is 1. The van der Waals surface area contributed by atoms with Gasteiger partial charge in [-0.2, -0.15) is 0 Å². The van der Waals surface area contributed by atoms with Gasteiger partial charge in [-0.25, -0.2) is 0 Å². The monoisotopic (exact) mass is 273 g/mol. The number of benzene rings is 1. The summed E-state index contributed by atoms with van der Waals surface area (Å²) in [4.78, 5) is 21.3. The molecule has 1 rings (SSSR count). The highest BCUT2D eigenvalue weighted by Crippen LogP contribution is 2.11. The van der Waals surface area contributed by atoms with Gasteiger partial charge in [0.25, 0.3) is 5.69 Å². The third kappa shape index (κ3) is 5.60. The molecule has 0 aliphatic heterocycles. The topological polar surface area (TPSA) is 84.3 Å². The number of nitrogens with one attached hydrogen (secondary N) is 2. The molecule has 18 heavy (non-hydrogen) atoms. The summed E-state index contributed by atoms with van der Waals surface area (Å²) < 4.78 is 0. The van der Waals surface area contributed by atoms with E-state index in [1.807, 2.05) is 0 Å². The predicted molar refractivity (Wildman–Crippen MR) is 70.7 cm³/mol. The fourth-order valence-electron chi connectivity index (χ4n) is 1.26. The Morgan fingerprint density at radius 2 is 1.94 bits per heavy atom. The van der Waals surface area contributed by atoms with E-state index >= 15 is 0 Å². The first-order valence-electron chi connectivity index (χ1n) is 5.28. The third-order valence-electron chi connectivity index (χ3n) is 2.24. The van der Waals surface area contributed by atoms with Gasteiger partial charge in [0, 0.05) is 31.6 Å². The highest BCUT2D eigenvalue weighted by molar-refractivity contribution is 5.85. The molecule has 100 valence electrons. The van der Waals surface area contributed by atoms with Crippen LogP contribution >= 0.6 is 12.4 Å². The van der Waals surface area contributed by atoms with E-state index in [0.717, 1.165) is 5.56 Å². The van der Waals surface area contributed by atoms with Gasteiger partial charge in [0.05, 0.1) is 4.92 Å². The number of amides is 1. The minimum Gasteiger partial charge on any atom is -0.352 e. The Hall–Kier alpha value is -1.66. The van der Waals surface area contributed by atoms with Crippen LogP contribution in [0.25, 0.3) is 0 Å². The first kappa shape index (κ1) is 16.3. The van der Waals surface area contributed by atoms with Crippen LogP contribution in [0.2, 0.25) is 0 Å². The van der Waals surface area contributed by atoms with Gasteiger partial charge in [-0.1, -0.05) is 12.1 Å². The quantitative estimate of drug-likeness (QED) is 0.603. The van der Waals surface area contributed by atoms with Crippen molar-refractivity contribution in [2.24, 2.45) is 0 Å². The Kier molecular flexibility index (Phi) is 7.66. The fraction of sp³-hybridized carbons (Fsp3) is 0.364. The number of hydrogen-bond donors (Lipinski definition) is 2. The van der Waals surface area contributed by atoms with Crippen molar-refractivity contribution in [3.63, 3.8) is 0 Å². The number of nitrogens with zero attached hydrogens (tertiary/aromatic N) is 1. The Labute approximate surface area is 111 Å². The van der Waals surface area contributed by atoms with Crippen LogP contribution in [-0.2, 0) is 11.3 Å². The second kappa shape index (κ2) is 8.43. The fourth-order valence-corrected chi connectivity index (χ4v) is 1.26. The summed E-state index contributed by atoms with van der Waals surface area (Å²) in [6.45, 7) is 1.02. The maximum atomic E-state index is 11.3. The Morgan fingerprint density at radius 1 is 1.33 bits per heavy atom. The average molecular weight is 274 g/mol. The zero-order chi connectivity index (χ0) is 12.7. The smallest absolute Gasteiger partial charge is 0.269 e. The van der Waals surface area contributed by atoms with Crippen molar-refractivity contribution in [3.05, 3.63) is 39.9 Å². The number of hydrogen-bond acceptors (Lipinski definition) is 4. The summed E-state index contributed by atoms with van der Waals surface area (Å²) in [5.74, 6) is -0.0438. The summed E-state index contributed by atoms with van der Waals surface area (Å²) >= 11 is 0. The largest absolute Gasteiger partial charge is 0.352 e. The van der Waals surface area contributed by atoms with Gasteiger partial charge in [0.1, 0.15) is 0 Å². The molecule has 0 heterocycles. The minimum atomic E-state index is -0.449. The number of non-ortho nitro benzene ring substituents is 1. The van der Waals surface area contributed by atoms with Crippen LogP contribution in [0.5, 0.6) is 0 Å². The van der Waals surface area contributed by atoms with E-state index in [1.54, 1.807) is 19.2 Å². The molecule has 0 unspecified atom stereocenters. The average Bonchev–Trinajstić information content (AvgIpc) is 2.34. The second-order valence-corrected chi connectivity index (χ2v) is 3.55. The Morgan fingerprint density at radius 3 is 2.44 bits per heavy atom. The minimum absolute atomic E-state index is 0. The van der Waals surface area contributed by atoms with Crippen molar-refractivity contribution in [3.8, 4) is 0 Å². The lowest BCUT2D eigenvalue weighted by Crippen LogP contribution is -2.26. The summed E-state index contributed by atoms with van der Waals surface area (Å²) in [5.41, 5.74) is 0.892. The van der Waals surface area contributed by atoms with Crippen molar-refractivity contribution in [2.45, 2.75) is 13.0 Å². The van der Waals surface area contributed by atoms with Crippen LogP contribution in [0.4, 0.5) is 5.69 Å². The Bertz CT molecular complexity index is 395. The third-order valence-corrected chi connectivity index (χ3v) is 2.24. The molecule has 1 aromatic rings. The van der Waals surface area contributed by atoms with Crippen molar-refractivity contribution in [1.29, 1.82) is 0 Å². The van der Waals surface area contributed by atoms with Gasteiger partial charge >= 0.3 is 0 Å². The number of nitro groups is 1. The van der Waals surface area contributed by atoms with Crippen LogP contribution in [0.15, 0.2) is 24.3 Å². The summed E-state index contributed by atoms with van der Waals surface area (Å²) in [6.07, 6.45) is 0.420. The van der Waals surface area contributed by atoms with E-state index in [1.165, 1.54) is 12.1 Å². The number of nitro benzene ring substituents is 1. The molecule has 0 bridgehead atoms. The second-order valence-electron chi connectivity index (χ2n) is 3.55. The summed E-state index contributed by atoms with van der Waals surface area (Å²) in [6, 6.07) is 6.12. The first-order valence-corrected chi connectivity index (χ1v) is 5.28. The van der Waals surface area contributed by atoms with E-state index in [9.17, 15) is 14.9 Å². The predicted octanol–water partition coefficient (Wildman–Crippen LogP) is 1.24. The van der Waals surface area contributed by atoms with Gasteiger partial charge in [-0.05, 0) is 12.6 Å². The van der Waals surface area contributed by atoms with Crippen molar-refractivity contribution < 1.29 is 9.72 Å². The maximum Gasteiger partial charge on any atom is 0.269 e. The molecule has 0 saturated carbocycles. The van der Waals surface area contributed by atoms with Gasteiger partial charge in [-0.3, -0.25) is 14.9 Å². The van der Waals surface area contributed by atoms with E-state index in [0.29, 0.717) is 19.5 Å². The molecular weight excluding hydrogens is 258 g/mol. The Balaban J connectivity index is 0.00000289. The molecule has 1 amide bonds. The van der Waals surface area contributed by atoms with E-state index in [2.05, 4.69) is 10.6 Å². The van der Waals surface area contributed by atoms with E-state index in [-0.39, 0.29) is 24.0 Å². The lowest BCUT2D eigenvalue weighted by molar-refractivity contribution is -0.384. The van der Waals surface area contributed by atoms with Crippen molar-refractivity contribution in [2.75, 3.05) is 13.6 Å². The molecule has 0 spiro atoms. The molecular formula is C11H16ClN3O3. The summed E-state index contributed by atoms with van der Waals surface area (Å²) in [7, 11) is 1.78. The molecule has 1 aromatic carbocycles. The lowest BCUT2D eigenvalue weighted by atomic mass is 10.2. The first-order chi connectivity index (χ1) is 8.13. The highest BCUT2D eigenvalue weighted by Gasteiger charge is 2.04. The van der Waals surface area contributed by atoms with Crippen molar-refractivity contribution >= 4 is 24.0 Å². The summed E-state index contributed by atoms with van der Waals surface area (Å²) in [5, 5.41) is 16.0. The van der Waals surface area contributed by atoms with Crippen molar-refractivity contribution in [1.82, 2.24) is 10.6 Å². The maximum absolute atomic E-state index is 11.3. The van der Waals surface area contributed by atoms with Crippen LogP contribution in [0, 0.1) is 10.1 Å². The molecule has 0 radical (unpaired) electrons. The van der Waals surface area contributed by atoms with Crippen LogP contribution in [0.3, 0.4) is 0 Å². The van der Waals surface area contributed by atoms with Crippen LogP contribution < -0.4 is 10.6 Å². The van der Waals surface area contributed by atoms with Gasteiger partial charge in [-0.15, -0.1) is 12.4 Å². The van der Waals surface area contributed by atoms with E-state index < -0.39 is 4.92 Å². The number of rotatable bonds is 6. The molecule has 0 atom stereocenters. The zero-order valence-electron chi connectivity index (χ0n) is 10.0. The molecule has 0 aliphatic rings. The number of carbonyl (C=O) groups is 1. The molecule has 0 fully saturated rings. The number of halogens is 1. The zero-order valence-corrected chi connectivity index (χ0v) is 10.8. The molecule has 0 aromatic heterocycles. The van der Waals surface area contributed by atoms with Gasteiger partial charge in [0.15, 0.2) is 0 Å².